The summed E-state index contributed by atoms with van der Waals surface area (Å²) >= 11 is 0. The molecular formula is C17H26N6O3S. The van der Waals surface area contributed by atoms with Gasteiger partial charge in [-0.05, 0) is 25.7 Å². The van der Waals surface area contributed by atoms with Gasteiger partial charge in [0.05, 0.1) is 18.3 Å². The third-order valence-corrected chi connectivity index (χ3v) is 6.58. The zero-order valence-electron chi connectivity index (χ0n) is 15.7. The van der Waals surface area contributed by atoms with Crippen molar-refractivity contribution in [3.63, 3.8) is 0 Å². The predicted molar refractivity (Wildman–Crippen MR) is 97.7 cm³/mol. The number of aromatic nitrogens is 5. The Labute approximate surface area is 159 Å². The van der Waals surface area contributed by atoms with Gasteiger partial charge in [-0.1, -0.05) is 13.8 Å². The molecule has 0 saturated carbocycles. The van der Waals surface area contributed by atoms with Crippen LogP contribution in [-0.4, -0.2) is 46.2 Å². The Bertz CT molecular complexity index is 898. The van der Waals surface area contributed by atoms with E-state index in [1.54, 1.807) is 10.9 Å². The van der Waals surface area contributed by atoms with Gasteiger partial charge in [-0.3, -0.25) is 4.68 Å². The van der Waals surface area contributed by atoms with Crippen LogP contribution in [0.5, 0.6) is 0 Å². The van der Waals surface area contributed by atoms with E-state index in [-0.39, 0.29) is 22.9 Å². The highest BCUT2D eigenvalue weighted by atomic mass is 32.2. The van der Waals surface area contributed by atoms with Gasteiger partial charge in [0, 0.05) is 31.9 Å². The molecule has 2 aromatic heterocycles. The summed E-state index contributed by atoms with van der Waals surface area (Å²) in [5.41, 5.74) is 0. The van der Waals surface area contributed by atoms with E-state index in [0.29, 0.717) is 25.5 Å². The van der Waals surface area contributed by atoms with E-state index in [9.17, 15) is 8.42 Å². The van der Waals surface area contributed by atoms with Crippen molar-refractivity contribution in [2.24, 2.45) is 0 Å². The number of hydrogen-bond acceptors (Lipinski definition) is 6. The van der Waals surface area contributed by atoms with Crippen LogP contribution in [0.2, 0.25) is 0 Å². The zero-order chi connectivity index (χ0) is 19.0. The van der Waals surface area contributed by atoms with Crippen molar-refractivity contribution in [1.82, 2.24) is 29.3 Å². The van der Waals surface area contributed by atoms with Gasteiger partial charge in [0.2, 0.25) is 10.0 Å². The smallest absolute Gasteiger partial charge is 0.244 e. The molecule has 1 atom stereocenters. The van der Waals surface area contributed by atoms with Crippen LogP contribution in [0, 0.1) is 0 Å². The van der Waals surface area contributed by atoms with Crippen molar-refractivity contribution >= 4 is 10.0 Å². The number of rotatable bonds is 5. The summed E-state index contributed by atoms with van der Waals surface area (Å²) in [7, 11) is -3.68. The molecule has 27 heavy (non-hydrogen) atoms. The summed E-state index contributed by atoms with van der Waals surface area (Å²) in [6.07, 6.45) is 6.30. The first-order chi connectivity index (χ1) is 12.9. The summed E-state index contributed by atoms with van der Waals surface area (Å²) in [6.45, 7) is 6.20. The maximum absolute atomic E-state index is 12.9. The molecule has 2 aromatic rings. The van der Waals surface area contributed by atoms with Crippen LogP contribution in [-0.2, 0) is 21.3 Å². The van der Waals surface area contributed by atoms with Crippen molar-refractivity contribution in [2.45, 2.75) is 69.0 Å². The molecule has 0 radical (unpaired) electrons. The van der Waals surface area contributed by atoms with Crippen LogP contribution in [0.3, 0.4) is 0 Å². The molecule has 1 N–H and O–H groups in total. The van der Waals surface area contributed by atoms with Gasteiger partial charge in [0.15, 0.2) is 5.82 Å². The summed E-state index contributed by atoms with van der Waals surface area (Å²) < 4.78 is 37.5. The third-order valence-electron chi connectivity index (χ3n) is 5.16. The average molecular weight is 395 g/mol. The first-order valence-electron chi connectivity index (χ1n) is 9.53. The first kappa shape index (κ1) is 18.6. The fraction of sp³-hybridized carbons (Fsp3) is 0.706. The maximum Gasteiger partial charge on any atom is 0.244 e. The van der Waals surface area contributed by atoms with Crippen LogP contribution >= 0.6 is 0 Å². The predicted octanol–water partition coefficient (Wildman–Crippen LogP) is 1.76. The monoisotopic (exact) mass is 394 g/mol. The quantitative estimate of drug-likeness (QED) is 0.829. The first-order valence-corrected chi connectivity index (χ1v) is 11.0. The second kappa shape index (κ2) is 7.33. The highest BCUT2D eigenvalue weighted by molar-refractivity contribution is 7.89. The molecule has 9 nitrogen and oxygen atoms in total. The Morgan fingerprint density at radius 2 is 2.04 bits per heavy atom. The zero-order valence-corrected chi connectivity index (χ0v) is 16.5. The second-order valence-electron chi connectivity index (χ2n) is 7.52. The van der Waals surface area contributed by atoms with E-state index in [2.05, 4.69) is 19.9 Å². The lowest BCUT2D eigenvalue weighted by atomic mass is 10.1. The molecule has 0 bridgehead atoms. The van der Waals surface area contributed by atoms with Crippen LogP contribution in [0.15, 0.2) is 17.3 Å². The summed E-state index contributed by atoms with van der Waals surface area (Å²) in [6, 6.07) is -0.177. The lowest BCUT2D eigenvalue weighted by molar-refractivity contribution is 0.0662. The Morgan fingerprint density at radius 3 is 2.78 bits per heavy atom. The largest absolute Gasteiger partial charge is 0.381 e. The Morgan fingerprint density at radius 1 is 1.26 bits per heavy atom. The minimum absolute atomic E-state index is 0.189. The van der Waals surface area contributed by atoms with E-state index >= 15 is 0 Å². The summed E-state index contributed by atoms with van der Waals surface area (Å²) in [5.74, 6) is 1.66. The van der Waals surface area contributed by atoms with E-state index in [4.69, 9.17) is 4.74 Å². The molecule has 0 aliphatic carbocycles. The highest BCUT2D eigenvalue weighted by Gasteiger charge is 2.30. The number of aryl methyl sites for hydroxylation is 1. The number of ether oxygens (including phenoxy) is 1. The summed E-state index contributed by atoms with van der Waals surface area (Å²) in [5, 5.41) is 8.79. The normalized spacial score (nSPS) is 21.5. The average Bonchev–Trinajstić information content (AvgIpc) is 3.30. The minimum Gasteiger partial charge on any atom is -0.381 e. The number of hydrogen-bond donors (Lipinski definition) is 1. The van der Waals surface area contributed by atoms with Crippen molar-refractivity contribution in [3.05, 3.63) is 24.0 Å². The Balaban J connectivity index is 1.53. The van der Waals surface area contributed by atoms with Crippen LogP contribution in [0.1, 0.15) is 69.2 Å². The SMILES string of the molecule is CC(C)c1nc2n(n1)CCC[C@@H]2NS(=O)(=O)c1cnn(C2CCOCC2)c1. The van der Waals surface area contributed by atoms with Gasteiger partial charge in [-0.2, -0.15) is 10.2 Å². The van der Waals surface area contributed by atoms with Gasteiger partial charge in [-0.15, -0.1) is 0 Å². The van der Waals surface area contributed by atoms with Crippen molar-refractivity contribution in [1.29, 1.82) is 0 Å². The topological polar surface area (TPSA) is 104 Å². The molecule has 0 aromatic carbocycles. The molecule has 148 valence electrons. The van der Waals surface area contributed by atoms with Crippen LogP contribution in [0.25, 0.3) is 0 Å². The standard InChI is InChI=1S/C17H26N6O3S/c1-12(2)16-19-17-15(4-3-7-22(17)20-16)21-27(24,25)14-10-18-23(11-14)13-5-8-26-9-6-13/h10-13,15,21H,3-9H2,1-2H3/t15-/m0/s1. The van der Waals surface area contributed by atoms with Gasteiger partial charge in [0.25, 0.3) is 0 Å². The third kappa shape index (κ3) is 3.78. The van der Waals surface area contributed by atoms with E-state index < -0.39 is 10.0 Å². The fourth-order valence-electron chi connectivity index (χ4n) is 3.59. The molecule has 2 aliphatic rings. The van der Waals surface area contributed by atoms with Crippen molar-refractivity contribution in [3.8, 4) is 0 Å². The van der Waals surface area contributed by atoms with E-state index in [1.165, 1.54) is 6.20 Å². The molecular weight excluding hydrogens is 368 g/mol. The molecule has 10 heteroatoms. The summed E-state index contributed by atoms with van der Waals surface area (Å²) in [4.78, 5) is 4.77. The van der Waals surface area contributed by atoms with Gasteiger partial charge in [-0.25, -0.2) is 22.8 Å². The Hall–Kier alpha value is -1.78. The molecule has 0 spiro atoms. The lowest BCUT2D eigenvalue weighted by Gasteiger charge is -2.23. The molecule has 0 amide bonds. The minimum atomic E-state index is -3.68. The number of nitrogens with zero attached hydrogens (tertiary/aromatic N) is 5. The highest BCUT2D eigenvalue weighted by Crippen LogP contribution is 2.27. The number of nitrogens with one attached hydrogen (secondary N) is 1. The molecule has 2 aliphatic heterocycles. The Kier molecular flexibility index (Phi) is 5.04. The van der Waals surface area contributed by atoms with Crippen LogP contribution in [0.4, 0.5) is 0 Å². The lowest BCUT2D eigenvalue weighted by Crippen LogP contribution is -2.33. The van der Waals surface area contributed by atoms with Gasteiger partial charge >= 0.3 is 0 Å². The van der Waals surface area contributed by atoms with Gasteiger partial charge in [0.1, 0.15) is 10.7 Å². The molecule has 4 heterocycles. The molecule has 1 saturated heterocycles. The molecule has 4 rings (SSSR count). The molecule has 1 fully saturated rings. The fourth-order valence-corrected chi connectivity index (χ4v) is 4.76. The van der Waals surface area contributed by atoms with Crippen molar-refractivity contribution in [2.75, 3.05) is 13.2 Å². The van der Waals surface area contributed by atoms with Crippen LogP contribution < -0.4 is 4.72 Å². The second-order valence-corrected chi connectivity index (χ2v) is 9.24. The number of fused-ring (bicyclic) bond motifs is 1. The van der Waals surface area contributed by atoms with E-state index in [0.717, 1.165) is 31.6 Å². The van der Waals surface area contributed by atoms with Gasteiger partial charge < -0.3 is 4.74 Å². The van der Waals surface area contributed by atoms with E-state index in [1.807, 2.05) is 18.5 Å². The maximum atomic E-state index is 12.9. The molecule has 0 unspecified atom stereocenters. The van der Waals surface area contributed by atoms with Crippen molar-refractivity contribution < 1.29 is 13.2 Å². The number of sulfonamides is 1.